The molecule has 0 saturated heterocycles. The Hall–Kier alpha value is -4.15. The van der Waals surface area contributed by atoms with Crippen LogP contribution in [0.5, 0.6) is 23.0 Å². The molecule has 166 valence electrons. The summed E-state index contributed by atoms with van der Waals surface area (Å²) in [6, 6.07) is 21.1. The summed E-state index contributed by atoms with van der Waals surface area (Å²) in [5.41, 5.74) is 7.69. The second kappa shape index (κ2) is 9.55. The molecular weight excluding hydrogens is 444 g/mol. The molecule has 0 aliphatic carbocycles. The van der Waals surface area contributed by atoms with Crippen molar-refractivity contribution in [2.45, 2.75) is 5.92 Å². The summed E-state index contributed by atoms with van der Waals surface area (Å²) < 4.78 is 21.6. The van der Waals surface area contributed by atoms with Gasteiger partial charge >= 0.3 is 5.97 Å². The number of hydrogen-bond donors (Lipinski definition) is 1. The van der Waals surface area contributed by atoms with Gasteiger partial charge in [-0.2, -0.15) is 5.26 Å². The number of benzene rings is 3. The van der Waals surface area contributed by atoms with Crippen LogP contribution >= 0.6 is 11.6 Å². The number of halogens is 1. The van der Waals surface area contributed by atoms with Crippen molar-refractivity contribution >= 4 is 17.6 Å². The number of carbonyl (C=O) groups excluding carboxylic acids is 1. The minimum Gasteiger partial charge on any atom is -0.497 e. The Balaban J connectivity index is 1.52. The molecule has 33 heavy (non-hydrogen) atoms. The number of fused-ring (bicyclic) bond motifs is 1. The normalized spacial score (nSPS) is 14.5. The van der Waals surface area contributed by atoms with Gasteiger partial charge in [0.2, 0.25) is 5.88 Å². The zero-order valence-corrected chi connectivity index (χ0v) is 18.3. The first-order valence-electron chi connectivity index (χ1n) is 9.93. The lowest BCUT2D eigenvalue weighted by molar-refractivity contribution is -0.136. The highest BCUT2D eigenvalue weighted by Crippen LogP contribution is 2.45. The summed E-state index contributed by atoms with van der Waals surface area (Å²) in [5, 5.41) is 10.2. The lowest BCUT2D eigenvalue weighted by Crippen LogP contribution is -2.22. The Kier molecular flexibility index (Phi) is 6.38. The first-order chi connectivity index (χ1) is 16.0. The average Bonchev–Trinajstić information content (AvgIpc) is 2.82. The molecule has 1 unspecified atom stereocenters. The molecular formula is C25H19ClN2O5. The number of ether oxygens (including phenoxy) is 4. The van der Waals surface area contributed by atoms with E-state index in [-0.39, 0.29) is 23.8 Å². The molecule has 7 nitrogen and oxygen atoms in total. The monoisotopic (exact) mass is 462 g/mol. The smallest absolute Gasteiger partial charge is 0.349 e. The number of esters is 1. The van der Waals surface area contributed by atoms with Crippen molar-refractivity contribution in [3.8, 4) is 29.1 Å². The third-order valence-electron chi connectivity index (χ3n) is 5.05. The van der Waals surface area contributed by atoms with Crippen LogP contribution in [-0.4, -0.2) is 19.7 Å². The molecule has 0 amide bonds. The third-order valence-corrected chi connectivity index (χ3v) is 5.40. The molecule has 8 heteroatoms. The van der Waals surface area contributed by atoms with Gasteiger partial charge in [0.25, 0.3) is 0 Å². The van der Waals surface area contributed by atoms with Gasteiger partial charge in [-0.15, -0.1) is 0 Å². The Bertz CT molecular complexity index is 1260. The van der Waals surface area contributed by atoms with Crippen LogP contribution in [0.15, 0.2) is 78.2 Å². The molecule has 4 rings (SSSR count). The second-order valence-corrected chi connectivity index (χ2v) is 7.49. The molecule has 2 N–H and O–H groups in total. The number of hydrogen-bond acceptors (Lipinski definition) is 7. The average molecular weight is 463 g/mol. The van der Waals surface area contributed by atoms with Gasteiger partial charge in [-0.3, -0.25) is 0 Å². The molecule has 0 spiro atoms. The fourth-order valence-electron chi connectivity index (χ4n) is 3.50. The highest BCUT2D eigenvalue weighted by molar-refractivity contribution is 6.31. The predicted octanol–water partition coefficient (Wildman–Crippen LogP) is 4.55. The number of nitrogens with zero attached hydrogens (tertiary/aromatic N) is 1. The Labute approximate surface area is 195 Å². The van der Waals surface area contributed by atoms with E-state index in [1.807, 2.05) is 18.2 Å². The van der Waals surface area contributed by atoms with Gasteiger partial charge in [-0.1, -0.05) is 35.9 Å². The minimum atomic E-state index is -0.592. The highest BCUT2D eigenvalue weighted by atomic mass is 35.5. The van der Waals surface area contributed by atoms with Gasteiger partial charge in [0, 0.05) is 16.7 Å². The zero-order chi connectivity index (χ0) is 23.4. The van der Waals surface area contributed by atoms with Crippen LogP contribution in [0.25, 0.3) is 0 Å². The molecule has 1 atom stereocenters. The van der Waals surface area contributed by atoms with Crippen LogP contribution < -0.4 is 24.7 Å². The molecule has 0 saturated carbocycles. The van der Waals surface area contributed by atoms with Gasteiger partial charge in [-0.05, 0) is 42.0 Å². The molecule has 0 fully saturated rings. The minimum absolute atomic E-state index is 0.0266. The fourth-order valence-corrected chi connectivity index (χ4v) is 3.75. The summed E-state index contributed by atoms with van der Waals surface area (Å²) in [5.74, 6) is 0.691. The summed E-state index contributed by atoms with van der Waals surface area (Å²) >= 11 is 6.39. The summed E-state index contributed by atoms with van der Waals surface area (Å²) in [6.07, 6.45) is 0. The van der Waals surface area contributed by atoms with E-state index in [0.717, 1.165) is 5.56 Å². The number of nitrogens with two attached hydrogens (primary N) is 1. The first-order valence-corrected chi connectivity index (χ1v) is 10.3. The zero-order valence-electron chi connectivity index (χ0n) is 17.6. The standard InChI is InChI=1S/C25H19ClN2O5/c1-30-15-6-8-16(9-7-15)31-14-23(29)32-17-10-11-19-22(12-17)33-25(28)20(13-27)24(19)18-4-2-3-5-21(18)26/h2-12,24H,14,28H2,1H3. The lowest BCUT2D eigenvalue weighted by atomic mass is 9.83. The highest BCUT2D eigenvalue weighted by Gasteiger charge is 2.32. The predicted molar refractivity (Wildman–Crippen MR) is 121 cm³/mol. The number of allylic oxidation sites excluding steroid dienone is 1. The van der Waals surface area contributed by atoms with Gasteiger partial charge in [0.05, 0.1) is 13.0 Å². The maximum Gasteiger partial charge on any atom is 0.349 e. The molecule has 1 aliphatic rings. The Morgan fingerprint density at radius 3 is 2.45 bits per heavy atom. The van der Waals surface area contributed by atoms with Crippen LogP contribution in [0.1, 0.15) is 17.0 Å². The van der Waals surface area contributed by atoms with E-state index in [0.29, 0.717) is 27.8 Å². The number of rotatable bonds is 6. The molecule has 3 aromatic rings. The van der Waals surface area contributed by atoms with Crippen LogP contribution in [-0.2, 0) is 4.79 Å². The number of nitriles is 1. The summed E-state index contributed by atoms with van der Waals surface area (Å²) in [4.78, 5) is 12.3. The second-order valence-electron chi connectivity index (χ2n) is 7.08. The van der Waals surface area contributed by atoms with Crippen LogP contribution in [0, 0.1) is 11.3 Å². The molecule has 1 heterocycles. The van der Waals surface area contributed by atoms with E-state index in [1.165, 1.54) is 0 Å². The van der Waals surface area contributed by atoms with Crippen LogP contribution in [0.2, 0.25) is 5.02 Å². The molecule has 3 aromatic carbocycles. The van der Waals surface area contributed by atoms with Crippen molar-refractivity contribution in [1.29, 1.82) is 5.26 Å². The van der Waals surface area contributed by atoms with Crippen molar-refractivity contribution in [2.75, 3.05) is 13.7 Å². The van der Waals surface area contributed by atoms with Crippen molar-refractivity contribution < 1.29 is 23.7 Å². The fraction of sp³-hybridized carbons (Fsp3) is 0.120. The van der Waals surface area contributed by atoms with Crippen molar-refractivity contribution in [1.82, 2.24) is 0 Å². The van der Waals surface area contributed by atoms with E-state index >= 15 is 0 Å². The molecule has 0 aromatic heterocycles. The lowest BCUT2D eigenvalue weighted by Gasteiger charge is -2.27. The van der Waals surface area contributed by atoms with E-state index in [1.54, 1.807) is 55.6 Å². The van der Waals surface area contributed by atoms with E-state index in [4.69, 9.17) is 36.3 Å². The third kappa shape index (κ3) is 4.71. The quantitative estimate of drug-likeness (QED) is 0.423. The summed E-state index contributed by atoms with van der Waals surface area (Å²) in [7, 11) is 1.57. The summed E-state index contributed by atoms with van der Waals surface area (Å²) in [6.45, 7) is -0.285. The Morgan fingerprint density at radius 1 is 1.06 bits per heavy atom. The number of methoxy groups -OCH3 is 1. The molecule has 0 bridgehead atoms. The van der Waals surface area contributed by atoms with Crippen molar-refractivity contribution in [3.05, 3.63) is 94.3 Å². The molecule has 0 radical (unpaired) electrons. The first kappa shape index (κ1) is 22.1. The maximum atomic E-state index is 12.3. The van der Waals surface area contributed by atoms with Crippen LogP contribution in [0.3, 0.4) is 0 Å². The topological polar surface area (TPSA) is 104 Å². The van der Waals surface area contributed by atoms with Crippen molar-refractivity contribution in [2.24, 2.45) is 5.73 Å². The van der Waals surface area contributed by atoms with Crippen LogP contribution in [0.4, 0.5) is 0 Å². The van der Waals surface area contributed by atoms with Crippen molar-refractivity contribution in [3.63, 3.8) is 0 Å². The largest absolute Gasteiger partial charge is 0.497 e. The Morgan fingerprint density at radius 2 is 1.76 bits per heavy atom. The SMILES string of the molecule is COc1ccc(OCC(=O)Oc2ccc3c(c2)OC(N)=C(C#N)C3c2ccccc2Cl)cc1. The van der Waals surface area contributed by atoms with E-state index in [9.17, 15) is 10.1 Å². The maximum absolute atomic E-state index is 12.3. The molecule has 1 aliphatic heterocycles. The number of carbonyl (C=O) groups is 1. The van der Waals surface area contributed by atoms with Gasteiger partial charge in [-0.25, -0.2) is 4.79 Å². The van der Waals surface area contributed by atoms with E-state index < -0.39 is 11.9 Å². The van der Waals surface area contributed by atoms with Gasteiger partial charge in [0.1, 0.15) is 34.6 Å². The van der Waals surface area contributed by atoms with Gasteiger partial charge < -0.3 is 24.7 Å². The van der Waals surface area contributed by atoms with Gasteiger partial charge in [0.15, 0.2) is 6.61 Å². The van der Waals surface area contributed by atoms with E-state index in [2.05, 4.69) is 6.07 Å².